The Labute approximate surface area is 200 Å². The molecule has 2 N–H and O–H groups in total. The van der Waals surface area contributed by atoms with Crippen LogP contribution in [0.25, 0.3) is 0 Å². The molecule has 33 heavy (non-hydrogen) atoms. The highest BCUT2D eigenvalue weighted by Crippen LogP contribution is 2.19. The molecule has 2 amide bonds. The molecular weight excluding hydrogens is 466 g/mol. The molecule has 0 radical (unpaired) electrons. The molecule has 1 aromatic carbocycles. The smallest absolute Gasteiger partial charge is 0.328 e. The Morgan fingerprint density at radius 3 is 2.33 bits per heavy atom. The third-order valence-corrected chi connectivity index (χ3v) is 7.82. The lowest BCUT2D eigenvalue weighted by Gasteiger charge is -2.33. The second kappa shape index (κ2) is 12.4. The van der Waals surface area contributed by atoms with Crippen LogP contribution in [0, 0.1) is 12.8 Å². The number of benzene rings is 1. The second-order valence-corrected chi connectivity index (χ2v) is 10.8. The van der Waals surface area contributed by atoms with Crippen LogP contribution in [-0.2, 0) is 29.1 Å². The van der Waals surface area contributed by atoms with E-state index < -0.39 is 28.1 Å². The summed E-state index contributed by atoms with van der Waals surface area (Å²) in [6, 6.07) is 4.77. The molecule has 1 saturated heterocycles. The Morgan fingerprint density at radius 1 is 1.18 bits per heavy atom. The van der Waals surface area contributed by atoms with Gasteiger partial charge in [-0.15, -0.1) is 0 Å². The topological polar surface area (TPSA) is 122 Å². The third kappa shape index (κ3) is 7.72. The zero-order valence-corrected chi connectivity index (χ0v) is 21.1. The molecule has 1 aromatic rings. The van der Waals surface area contributed by atoms with Crippen LogP contribution in [-0.4, -0.2) is 75.4 Å². The molecule has 0 bridgehead atoms. The SMILES string of the molecule is COC(=O)[C@H](CCSC)NC(=O)C1CCN(C(=O)[C@H](C)NS(=O)(=O)c2ccc(C)cc2)CC1. The van der Waals surface area contributed by atoms with Gasteiger partial charge in [0.05, 0.1) is 18.0 Å². The molecule has 11 heteroatoms. The van der Waals surface area contributed by atoms with Crippen molar-refractivity contribution in [1.82, 2.24) is 14.9 Å². The zero-order chi connectivity index (χ0) is 24.6. The predicted octanol–water partition coefficient (Wildman–Crippen LogP) is 1.31. The number of esters is 1. The molecule has 9 nitrogen and oxygen atoms in total. The van der Waals surface area contributed by atoms with E-state index in [2.05, 4.69) is 10.0 Å². The van der Waals surface area contributed by atoms with Gasteiger partial charge in [-0.2, -0.15) is 16.5 Å². The maximum atomic E-state index is 12.8. The molecule has 0 spiro atoms. The van der Waals surface area contributed by atoms with Crippen LogP contribution in [0.5, 0.6) is 0 Å². The Kier molecular flexibility index (Phi) is 10.2. The lowest BCUT2D eigenvalue weighted by atomic mass is 9.95. The number of carbonyl (C=O) groups excluding carboxylic acids is 3. The van der Waals surface area contributed by atoms with Crippen molar-refractivity contribution in [2.45, 2.75) is 50.1 Å². The number of methoxy groups -OCH3 is 1. The third-order valence-electron chi connectivity index (χ3n) is 5.62. The molecule has 1 heterocycles. The van der Waals surface area contributed by atoms with Gasteiger partial charge in [0.1, 0.15) is 6.04 Å². The van der Waals surface area contributed by atoms with Crippen LogP contribution >= 0.6 is 11.8 Å². The van der Waals surface area contributed by atoms with E-state index in [1.54, 1.807) is 28.8 Å². The Morgan fingerprint density at radius 2 is 1.79 bits per heavy atom. The number of aryl methyl sites for hydroxylation is 1. The lowest BCUT2D eigenvalue weighted by Crippen LogP contribution is -2.51. The van der Waals surface area contributed by atoms with E-state index in [-0.39, 0.29) is 22.6 Å². The van der Waals surface area contributed by atoms with Crippen molar-refractivity contribution in [2.75, 3.05) is 32.2 Å². The Hall–Kier alpha value is -2.11. The summed E-state index contributed by atoms with van der Waals surface area (Å²) in [6.07, 6.45) is 3.27. The summed E-state index contributed by atoms with van der Waals surface area (Å²) in [7, 11) is -2.53. The Balaban J connectivity index is 1.90. The fourth-order valence-corrected chi connectivity index (χ4v) is 5.29. The summed E-state index contributed by atoms with van der Waals surface area (Å²) in [5, 5.41) is 2.77. The first-order valence-corrected chi connectivity index (χ1v) is 13.7. The number of nitrogens with zero attached hydrogens (tertiary/aromatic N) is 1. The van der Waals surface area contributed by atoms with Gasteiger partial charge in [0.2, 0.25) is 21.8 Å². The predicted molar refractivity (Wildman–Crippen MR) is 127 cm³/mol. The molecule has 2 atom stereocenters. The highest BCUT2D eigenvalue weighted by molar-refractivity contribution is 7.98. The number of hydrogen-bond acceptors (Lipinski definition) is 7. The minimum absolute atomic E-state index is 0.102. The van der Waals surface area contributed by atoms with Gasteiger partial charge < -0.3 is 15.0 Å². The number of carbonyl (C=O) groups is 3. The van der Waals surface area contributed by atoms with E-state index in [4.69, 9.17) is 4.74 Å². The fourth-order valence-electron chi connectivity index (χ4n) is 3.62. The fraction of sp³-hybridized carbons (Fsp3) is 0.591. The van der Waals surface area contributed by atoms with Crippen LogP contribution in [0.1, 0.15) is 31.7 Å². The van der Waals surface area contributed by atoms with Crippen molar-refractivity contribution in [3.63, 3.8) is 0 Å². The summed E-state index contributed by atoms with van der Waals surface area (Å²) in [5.41, 5.74) is 0.937. The standard InChI is InChI=1S/C22H33N3O6S2/c1-15-5-7-18(8-6-15)33(29,30)24-16(2)21(27)25-12-9-17(10-13-25)20(26)23-19(11-14-32-4)22(28)31-3/h5-8,16-17,19,24H,9-14H2,1-4H3,(H,23,26)/t16-,19-/m0/s1. The number of thioether (sulfide) groups is 1. The van der Waals surface area contributed by atoms with Crippen LogP contribution in [0.4, 0.5) is 0 Å². The van der Waals surface area contributed by atoms with E-state index in [1.807, 2.05) is 13.2 Å². The van der Waals surface area contributed by atoms with Crippen molar-refractivity contribution in [1.29, 1.82) is 0 Å². The minimum atomic E-state index is -3.82. The second-order valence-electron chi connectivity index (χ2n) is 8.12. The number of nitrogens with one attached hydrogen (secondary N) is 2. The zero-order valence-electron chi connectivity index (χ0n) is 19.5. The average molecular weight is 500 g/mol. The maximum Gasteiger partial charge on any atom is 0.328 e. The molecule has 1 aliphatic heterocycles. The van der Waals surface area contributed by atoms with E-state index in [0.29, 0.717) is 38.1 Å². The molecule has 0 unspecified atom stereocenters. The molecule has 184 valence electrons. The van der Waals surface area contributed by atoms with Crippen LogP contribution in [0.3, 0.4) is 0 Å². The van der Waals surface area contributed by atoms with Gasteiger partial charge in [-0.1, -0.05) is 17.7 Å². The van der Waals surface area contributed by atoms with Crippen LogP contribution < -0.4 is 10.0 Å². The number of likely N-dealkylation sites (tertiary alicyclic amines) is 1. The van der Waals surface area contributed by atoms with Crippen molar-refractivity contribution < 1.29 is 27.5 Å². The first kappa shape index (κ1) is 27.1. The first-order chi connectivity index (χ1) is 15.6. The van der Waals surface area contributed by atoms with Gasteiger partial charge in [-0.25, -0.2) is 13.2 Å². The summed E-state index contributed by atoms with van der Waals surface area (Å²) in [6.45, 7) is 4.04. The number of hydrogen-bond donors (Lipinski definition) is 2. The van der Waals surface area contributed by atoms with Gasteiger partial charge in [0.15, 0.2) is 0 Å². The van der Waals surface area contributed by atoms with Gasteiger partial charge in [-0.05, 0) is 57.3 Å². The maximum absolute atomic E-state index is 12.8. The van der Waals surface area contributed by atoms with E-state index in [9.17, 15) is 22.8 Å². The van der Waals surface area contributed by atoms with Crippen molar-refractivity contribution >= 4 is 39.6 Å². The minimum Gasteiger partial charge on any atom is -0.467 e. The summed E-state index contributed by atoms with van der Waals surface area (Å²) in [4.78, 5) is 39.0. The van der Waals surface area contributed by atoms with Crippen LogP contribution in [0.2, 0.25) is 0 Å². The highest BCUT2D eigenvalue weighted by Gasteiger charge is 2.32. The van der Waals surface area contributed by atoms with Crippen molar-refractivity contribution in [3.8, 4) is 0 Å². The molecule has 0 aromatic heterocycles. The van der Waals surface area contributed by atoms with Gasteiger partial charge in [0, 0.05) is 19.0 Å². The molecular formula is C22H33N3O6S2. The van der Waals surface area contributed by atoms with E-state index in [0.717, 1.165) is 5.56 Å². The first-order valence-electron chi connectivity index (χ1n) is 10.8. The number of piperidine rings is 1. The summed E-state index contributed by atoms with van der Waals surface area (Å²) < 4.78 is 32.3. The molecule has 1 aliphatic rings. The van der Waals surface area contributed by atoms with Crippen molar-refractivity contribution in [3.05, 3.63) is 29.8 Å². The van der Waals surface area contributed by atoms with E-state index >= 15 is 0 Å². The normalized spacial score (nSPS) is 16.7. The van der Waals surface area contributed by atoms with Gasteiger partial charge in [0.25, 0.3) is 0 Å². The number of rotatable bonds is 10. The van der Waals surface area contributed by atoms with Gasteiger partial charge >= 0.3 is 5.97 Å². The number of sulfonamides is 1. The number of ether oxygens (including phenoxy) is 1. The largest absolute Gasteiger partial charge is 0.467 e. The average Bonchev–Trinajstić information content (AvgIpc) is 2.80. The Bertz CT molecular complexity index is 928. The molecule has 2 rings (SSSR count). The summed E-state index contributed by atoms with van der Waals surface area (Å²) >= 11 is 1.58. The number of amides is 2. The monoisotopic (exact) mass is 499 g/mol. The van der Waals surface area contributed by atoms with Crippen LogP contribution in [0.15, 0.2) is 29.2 Å². The summed E-state index contributed by atoms with van der Waals surface area (Å²) in [5.74, 6) is -0.651. The molecule has 0 saturated carbocycles. The highest BCUT2D eigenvalue weighted by atomic mass is 32.2. The quantitative estimate of drug-likeness (QED) is 0.466. The van der Waals surface area contributed by atoms with Gasteiger partial charge in [-0.3, -0.25) is 9.59 Å². The molecule has 0 aliphatic carbocycles. The van der Waals surface area contributed by atoms with E-state index in [1.165, 1.54) is 26.2 Å². The lowest BCUT2D eigenvalue weighted by molar-refractivity contribution is -0.146. The molecule has 1 fully saturated rings. The van der Waals surface area contributed by atoms with Crippen molar-refractivity contribution in [2.24, 2.45) is 5.92 Å².